The average Bonchev–Trinajstić information content (AvgIpc) is 2.68. The van der Waals surface area contributed by atoms with Crippen LogP contribution in [0.15, 0.2) is 66.7 Å². The van der Waals surface area contributed by atoms with Gasteiger partial charge in [0.25, 0.3) is 5.91 Å². The van der Waals surface area contributed by atoms with Gasteiger partial charge in [-0.1, -0.05) is 42.5 Å². The summed E-state index contributed by atoms with van der Waals surface area (Å²) >= 11 is 0. The number of carbonyl (C=O) groups is 2. The van der Waals surface area contributed by atoms with Gasteiger partial charge in [-0.15, -0.1) is 10.2 Å². The highest BCUT2D eigenvalue weighted by molar-refractivity contribution is 6.07. The molecular formula is C19H15N3O3. The molecular weight excluding hydrogens is 318 g/mol. The van der Waals surface area contributed by atoms with Gasteiger partial charge in [0, 0.05) is 5.56 Å². The van der Waals surface area contributed by atoms with Gasteiger partial charge in [-0.3, -0.25) is 4.79 Å². The number of ether oxygens (including phenoxy) is 1. The van der Waals surface area contributed by atoms with Crippen LogP contribution in [0.1, 0.15) is 20.8 Å². The number of anilines is 1. The van der Waals surface area contributed by atoms with Gasteiger partial charge >= 0.3 is 5.97 Å². The number of carbonyl (C=O) groups excluding carboxylic acids is 2. The molecule has 1 amide bonds. The van der Waals surface area contributed by atoms with Crippen LogP contribution in [0.2, 0.25) is 0 Å². The lowest BCUT2D eigenvalue weighted by Gasteiger charge is -2.09. The largest absolute Gasteiger partial charge is 0.465 e. The molecule has 0 aliphatic rings. The van der Waals surface area contributed by atoms with Crippen molar-refractivity contribution in [3.05, 3.63) is 78.0 Å². The maximum Gasteiger partial charge on any atom is 0.339 e. The van der Waals surface area contributed by atoms with E-state index in [1.807, 2.05) is 30.3 Å². The quantitative estimate of drug-likeness (QED) is 0.742. The normalized spacial score (nSPS) is 10.1. The second-order valence-corrected chi connectivity index (χ2v) is 5.16. The summed E-state index contributed by atoms with van der Waals surface area (Å²) in [5.41, 5.74) is 2.37. The number of hydrogen-bond donors (Lipinski definition) is 1. The van der Waals surface area contributed by atoms with Crippen LogP contribution in [0.3, 0.4) is 0 Å². The monoisotopic (exact) mass is 333 g/mol. The third-order valence-corrected chi connectivity index (χ3v) is 3.55. The summed E-state index contributed by atoms with van der Waals surface area (Å²) in [7, 11) is 1.29. The van der Waals surface area contributed by atoms with Crippen LogP contribution in [0.5, 0.6) is 0 Å². The number of methoxy groups -OCH3 is 1. The number of rotatable bonds is 4. The second-order valence-electron chi connectivity index (χ2n) is 5.16. The first-order valence-electron chi connectivity index (χ1n) is 7.57. The van der Waals surface area contributed by atoms with E-state index in [0.29, 0.717) is 11.4 Å². The molecule has 0 saturated carbocycles. The van der Waals surface area contributed by atoms with Crippen molar-refractivity contribution in [2.24, 2.45) is 0 Å². The van der Waals surface area contributed by atoms with E-state index >= 15 is 0 Å². The standard InChI is InChI=1S/C19H15N3O3/c1-25-19(24)14-9-5-6-10-16(14)20-18(23)17-12-11-15(21-22-17)13-7-3-2-4-8-13/h2-12H,1H3,(H,20,23). The first-order chi connectivity index (χ1) is 12.2. The van der Waals surface area contributed by atoms with Crippen molar-refractivity contribution in [3.8, 4) is 11.3 Å². The minimum absolute atomic E-state index is 0.152. The minimum Gasteiger partial charge on any atom is -0.465 e. The molecule has 0 aliphatic carbocycles. The van der Waals surface area contributed by atoms with Crippen molar-refractivity contribution in [2.75, 3.05) is 12.4 Å². The van der Waals surface area contributed by atoms with E-state index in [4.69, 9.17) is 4.74 Å². The molecule has 25 heavy (non-hydrogen) atoms. The van der Waals surface area contributed by atoms with Crippen LogP contribution in [-0.4, -0.2) is 29.2 Å². The number of hydrogen-bond acceptors (Lipinski definition) is 5. The minimum atomic E-state index is -0.526. The van der Waals surface area contributed by atoms with Crippen molar-refractivity contribution in [1.29, 1.82) is 0 Å². The van der Waals surface area contributed by atoms with Gasteiger partial charge in [0.05, 0.1) is 24.1 Å². The zero-order valence-corrected chi connectivity index (χ0v) is 13.5. The van der Waals surface area contributed by atoms with Gasteiger partial charge in [0.1, 0.15) is 0 Å². The lowest BCUT2D eigenvalue weighted by atomic mass is 10.1. The first kappa shape index (κ1) is 16.3. The number of esters is 1. The number of nitrogens with one attached hydrogen (secondary N) is 1. The van der Waals surface area contributed by atoms with E-state index in [-0.39, 0.29) is 11.3 Å². The Morgan fingerprint density at radius 3 is 2.28 bits per heavy atom. The highest BCUT2D eigenvalue weighted by atomic mass is 16.5. The zero-order valence-electron chi connectivity index (χ0n) is 13.5. The summed E-state index contributed by atoms with van der Waals surface area (Å²) in [6.07, 6.45) is 0. The smallest absolute Gasteiger partial charge is 0.339 e. The van der Waals surface area contributed by atoms with Crippen LogP contribution in [0.25, 0.3) is 11.3 Å². The van der Waals surface area contributed by atoms with Gasteiger partial charge < -0.3 is 10.1 Å². The molecule has 0 spiro atoms. The van der Waals surface area contributed by atoms with E-state index in [1.54, 1.807) is 36.4 Å². The molecule has 0 fully saturated rings. The third-order valence-electron chi connectivity index (χ3n) is 3.55. The summed E-state index contributed by atoms with van der Waals surface area (Å²) in [6.45, 7) is 0. The molecule has 0 bridgehead atoms. The molecule has 0 radical (unpaired) electrons. The molecule has 3 rings (SSSR count). The summed E-state index contributed by atoms with van der Waals surface area (Å²) in [5.74, 6) is -0.982. The maximum absolute atomic E-state index is 12.4. The molecule has 0 unspecified atom stereocenters. The predicted octanol–water partition coefficient (Wildman–Crippen LogP) is 3.18. The van der Waals surface area contributed by atoms with Gasteiger partial charge in [0.15, 0.2) is 5.69 Å². The van der Waals surface area contributed by atoms with Crippen LogP contribution in [-0.2, 0) is 4.74 Å². The van der Waals surface area contributed by atoms with Crippen molar-refractivity contribution < 1.29 is 14.3 Å². The predicted molar refractivity (Wildman–Crippen MR) is 93.2 cm³/mol. The van der Waals surface area contributed by atoms with E-state index in [9.17, 15) is 9.59 Å². The zero-order chi connectivity index (χ0) is 17.6. The Labute approximate surface area is 144 Å². The van der Waals surface area contributed by atoms with Gasteiger partial charge in [-0.25, -0.2) is 4.79 Å². The van der Waals surface area contributed by atoms with E-state index in [0.717, 1.165) is 5.56 Å². The van der Waals surface area contributed by atoms with E-state index < -0.39 is 11.9 Å². The Morgan fingerprint density at radius 2 is 1.60 bits per heavy atom. The van der Waals surface area contributed by atoms with Crippen molar-refractivity contribution >= 4 is 17.6 Å². The Morgan fingerprint density at radius 1 is 0.880 bits per heavy atom. The van der Waals surface area contributed by atoms with E-state index in [1.165, 1.54) is 7.11 Å². The van der Waals surface area contributed by atoms with Crippen molar-refractivity contribution in [2.45, 2.75) is 0 Å². The van der Waals surface area contributed by atoms with Gasteiger partial charge in [0.2, 0.25) is 0 Å². The Kier molecular flexibility index (Phi) is 4.80. The van der Waals surface area contributed by atoms with Crippen molar-refractivity contribution in [3.63, 3.8) is 0 Å². The summed E-state index contributed by atoms with van der Waals surface area (Å²) < 4.78 is 4.71. The fourth-order valence-corrected chi connectivity index (χ4v) is 2.28. The molecule has 0 aliphatic heterocycles. The van der Waals surface area contributed by atoms with Gasteiger partial charge in [-0.2, -0.15) is 0 Å². The summed E-state index contributed by atoms with van der Waals surface area (Å²) in [5, 5.41) is 10.7. The van der Waals surface area contributed by atoms with Crippen LogP contribution in [0.4, 0.5) is 5.69 Å². The number of para-hydroxylation sites is 1. The second kappa shape index (κ2) is 7.35. The average molecular weight is 333 g/mol. The fraction of sp³-hybridized carbons (Fsp3) is 0.0526. The maximum atomic E-state index is 12.4. The molecule has 0 atom stereocenters. The number of aromatic nitrogens is 2. The van der Waals surface area contributed by atoms with Crippen LogP contribution < -0.4 is 5.32 Å². The topological polar surface area (TPSA) is 81.2 Å². The molecule has 3 aromatic rings. The first-order valence-corrected chi connectivity index (χ1v) is 7.57. The van der Waals surface area contributed by atoms with Crippen LogP contribution >= 0.6 is 0 Å². The van der Waals surface area contributed by atoms with E-state index in [2.05, 4.69) is 15.5 Å². The molecule has 1 aromatic heterocycles. The number of nitrogens with zero attached hydrogens (tertiary/aromatic N) is 2. The Hall–Kier alpha value is -3.54. The number of amides is 1. The Balaban J connectivity index is 1.80. The lowest BCUT2D eigenvalue weighted by Crippen LogP contribution is -2.17. The SMILES string of the molecule is COC(=O)c1ccccc1NC(=O)c1ccc(-c2ccccc2)nn1. The molecule has 6 heteroatoms. The van der Waals surface area contributed by atoms with Gasteiger partial charge in [-0.05, 0) is 24.3 Å². The molecule has 2 aromatic carbocycles. The molecule has 6 nitrogen and oxygen atoms in total. The third kappa shape index (κ3) is 3.69. The molecule has 0 saturated heterocycles. The highest BCUT2D eigenvalue weighted by Gasteiger charge is 2.15. The molecule has 1 heterocycles. The summed E-state index contributed by atoms with van der Waals surface area (Å²) in [4.78, 5) is 24.1. The highest BCUT2D eigenvalue weighted by Crippen LogP contribution is 2.18. The Bertz CT molecular complexity index is 893. The van der Waals surface area contributed by atoms with Crippen molar-refractivity contribution in [1.82, 2.24) is 10.2 Å². The fourth-order valence-electron chi connectivity index (χ4n) is 2.28. The molecule has 124 valence electrons. The summed E-state index contributed by atoms with van der Waals surface area (Å²) in [6, 6.07) is 19.5. The molecule has 1 N–H and O–H groups in total. The lowest BCUT2D eigenvalue weighted by molar-refractivity contribution is 0.0602. The van der Waals surface area contributed by atoms with Crippen LogP contribution in [0, 0.1) is 0 Å². The number of benzene rings is 2.